The molecule has 1 aromatic heterocycles. The molecule has 27 heavy (non-hydrogen) atoms. The van der Waals surface area contributed by atoms with Crippen LogP contribution >= 0.6 is 12.6 Å². The van der Waals surface area contributed by atoms with Crippen LogP contribution in [0.1, 0.15) is 12.5 Å². The third-order valence-corrected chi connectivity index (χ3v) is 3.99. The van der Waals surface area contributed by atoms with Gasteiger partial charge in [0.25, 0.3) is 0 Å². The van der Waals surface area contributed by atoms with Crippen molar-refractivity contribution in [3.05, 3.63) is 54.4 Å². The largest absolute Gasteiger partial charge is 0.503 e. The van der Waals surface area contributed by atoms with Crippen LogP contribution in [0.3, 0.4) is 0 Å². The van der Waals surface area contributed by atoms with Gasteiger partial charge >= 0.3 is 0 Å². The lowest BCUT2D eigenvalue weighted by Gasteiger charge is -2.15. The Labute approximate surface area is 163 Å². The van der Waals surface area contributed by atoms with Crippen LogP contribution in [0.5, 0.6) is 17.2 Å². The third-order valence-electron chi connectivity index (χ3n) is 3.88. The smallest absolute Gasteiger partial charge is 0.185 e. The van der Waals surface area contributed by atoms with Crippen molar-refractivity contribution in [2.45, 2.75) is 19.3 Å². The lowest BCUT2D eigenvalue weighted by atomic mass is 10.1. The Bertz CT molecular complexity index is 930. The summed E-state index contributed by atoms with van der Waals surface area (Å²) in [6.07, 6.45) is 1.41. The number of thiol groups is 1. The van der Waals surface area contributed by atoms with E-state index in [9.17, 15) is 5.11 Å². The standard InChI is InChI=1S/C20H21N3O3S/c1-12-4-6-14(7-5-12)18-19(24)20(22-11-21-18)23-16-9-8-15(26-13(2)27)10-17(16)25-3/h4-11,13,24,27H,1-3H3,(H,21,22,23). The zero-order valence-corrected chi connectivity index (χ0v) is 16.2. The molecule has 1 heterocycles. The van der Waals surface area contributed by atoms with E-state index in [-0.39, 0.29) is 17.0 Å². The van der Waals surface area contributed by atoms with Crippen LogP contribution in [0.4, 0.5) is 11.5 Å². The average Bonchev–Trinajstić information content (AvgIpc) is 2.65. The highest BCUT2D eigenvalue weighted by Crippen LogP contribution is 2.37. The molecule has 1 unspecified atom stereocenters. The molecule has 1 atom stereocenters. The van der Waals surface area contributed by atoms with E-state index in [4.69, 9.17) is 9.47 Å². The number of nitrogens with one attached hydrogen (secondary N) is 1. The lowest BCUT2D eigenvalue weighted by molar-refractivity contribution is 0.307. The Morgan fingerprint density at radius 2 is 1.85 bits per heavy atom. The van der Waals surface area contributed by atoms with Crippen molar-refractivity contribution in [3.63, 3.8) is 0 Å². The molecule has 7 heteroatoms. The molecule has 140 valence electrons. The number of aromatic nitrogens is 2. The van der Waals surface area contributed by atoms with Crippen LogP contribution in [0.25, 0.3) is 11.3 Å². The minimum atomic E-state index is -0.239. The van der Waals surface area contributed by atoms with Crippen LogP contribution in [-0.2, 0) is 0 Å². The Morgan fingerprint density at radius 3 is 2.52 bits per heavy atom. The Morgan fingerprint density at radius 1 is 1.11 bits per heavy atom. The van der Waals surface area contributed by atoms with Crippen LogP contribution in [0, 0.1) is 6.92 Å². The minimum absolute atomic E-state index is 0.0345. The molecule has 0 saturated heterocycles. The Hall–Kier alpha value is -2.93. The highest BCUT2D eigenvalue weighted by molar-refractivity contribution is 7.80. The van der Waals surface area contributed by atoms with Crippen LogP contribution in [-0.4, -0.2) is 27.6 Å². The number of hydrogen-bond donors (Lipinski definition) is 3. The molecule has 2 N–H and O–H groups in total. The molecular weight excluding hydrogens is 362 g/mol. The van der Waals surface area contributed by atoms with Crippen molar-refractivity contribution in [2.75, 3.05) is 12.4 Å². The van der Waals surface area contributed by atoms with Crippen LogP contribution in [0.2, 0.25) is 0 Å². The van der Waals surface area contributed by atoms with Gasteiger partial charge in [-0.25, -0.2) is 9.97 Å². The SMILES string of the molecule is COc1cc(OC(C)S)ccc1Nc1ncnc(-c2ccc(C)cc2)c1O. The average molecular weight is 383 g/mol. The first-order valence-electron chi connectivity index (χ1n) is 8.38. The molecule has 2 aromatic carbocycles. The highest BCUT2D eigenvalue weighted by atomic mass is 32.1. The minimum Gasteiger partial charge on any atom is -0.503 e. The number of rotatable bonds is 6. The topological polar surface area (TPSA) is 76.5 Å². The molecule has 0 aliphatic carbocycles. The number of methoxy groups -OCH3 is 1. The molecule has 0 spiro atoms. The highest BCUT2D eigenvalue weighted by Gasteiger charge is 2.14. The van der Waals surface area contributed by atoms with Gasteiger partial charge in [0.2, 0.25) is 0 Å². The summed E-state index contributed by atoms with van der Waals surface area (Å²) in [5.41, 5.74) is 2.79. The second kappa shape index (κ2) is 8.18. The molecule has 0 radical (unpaired) electrons. The van der Waals surface area contributed by atoms with Crippen molar-refractivity contribution in [2.24, 2.45) is 0 Å². The fraction of sp³-hybridized carbons (Fsp3) is 0.200. The Balaban J connectivity index is 1.92. The number of anilines is 2. The molecule has 0 bridgehead atoms. The van der Waals surface area contributed by atoms with Crippen molar-refractivity contribution >= 4 is 24.1 Å². The van der Waals surface area contributed by atoms with Crippen molar-refractivity contribution in [1.82, 2.24) is 9.97 Å². The normalized spacial score (nSPS) is 11.7. The summed E-state index contributed by atoms with van der Waals surface area (Å²) in [5.74, 6) is 1.44. The van der Waals surface area contributed by atoms with E-state index in [0.717, 1.165) is 11.1 Å². The van der Waals surface area contributed by atoms with E-state index in [1.165, 1.54) is 6.33 Å². The number of aromatic hydroxyl groups is 1. The predicted molar refractivity (Wildman–Crippen MR) is 109 cm³/mol. The molecular formula is C20H21N3O3S. The predicted octanol–water partition coefficient (Wildman–Crippen LogP) is 4.56. The maximum absolute atomic E-state index is 10.6. The zero-order valence-electron chi connectivity index (χ0n) is 15.3. The van der Waals surface area contributed by atoms with Gasteiger partial charge in [-0.1, -0.05) is 29.8 Å². The third kappa shape index (κ3) is 4.43. The van der Waals surface area contributed by atoms with Gasteiger partial charge in [0.1, 0.15) is 29.0 Å². The van der Waals surface area contributed by atoms with E-state index in [1.54, 1.807) is 25.3 Å². The van der Waals surface area contributed by atoms with Crippen LogP contribution < -0.4 is 14.8 Å². The summed E-state index contributed by atoms with van der Waals surface area (Å²) in [4.78, 5) is 8.36. The van der Waals surface area contributed by atoms with Gasteiger partial charge in [0.05, 0.1) is 12.8 Å². The quantitative estimate of drug-likeness (QED) is 0.428. The van der Waals surface area contributed by atoms with E-state index in [0.29, 0.717) is 22.9 Å². The monoisotopic (exact) mass is 383 g/mol. The van der Waals surface area contributed by atoms with Gasteiger partial charge in [-0.05, 0) is 26.0 Å². The number of ether oxygens (including phenoxy) is 2. The summed E-state index contributed by atoms with van der Waals surface area (Å²) in [7, 11) is 1.56. The summed E-state index contributed by atoms with van der Waals surface area (Å²) >= 11 is 4.22. The summed E-state index contributed by atoms with van der Waals surface area (Å²) in [6.45, 7) is 3.83. The van der Waals surface area contributed by atoms with E-state index in [1.807, 2.05) is 38.1 Å². The summed E-state index contributed by atoms with van der Waals surface area (Å²) in [5, 5.41) is 13.7. The number of nitrogens with zero attached hydrogens (tertiary/aromatic N) is 2. The first kappa shape index (κ1) is 18.8. The van der Waals surface area contributed by atoms with E-state index >= 15 is 0 Å². The molecule has 0 aliphatic heterocycles. The van der Waals surface area contributed by atoms with Gasteiger partial charge in [0.15, 0.2) is 11.6 Å². The second-order valence-electron chi connectivity index (χ2n) is 5.99. The maximum atomic E-state index is 10.6. The second-order valence-corrected chi connectivity index (χ2v) is 6.72. The van der Waals surface area contributed by atoms with Crippen LogP contribution in [0.15, 0.2) is 48.8 Å². The molecule has 3 aromatic rings. The van der Waals surface area contributed by atoms with Crippen molar-refractivity contribution in [3.8, 4) is 28.5 Å². The molecule has 6 nitrogen and oxygen atoms in total. The van der Waals surface area contributed by atoms with Gasteiger partial charge < -0.3 is 19.9 Å². The lowest BCUT2D eigenvalue weighted by Crippen LogP contribution is -2.03. The molecule has 3 rings (SSSR count). The first-order valence-corrected chi connectivity index (χ1v) is 8.90. The summed E-state index contributed by atoms with van der Waals surface area (Å²) in [6, 6.07) is 13.1. The van der Waals surface area contributed by atoms with Gasteiger partial charge in [-0.2, -0.15) is 0 Å². The van der Waals surface area contributed by atoms with Gasteiger partial charge in [-0.15, -0.1) is 12.6 Å². The zero-order chi connectivity index (χ0) is 19.4. The Kier molecular flexibility index (Phi) is 5.71. The first-order chi connectivity index (χ1) is 13.0. The maximum Gasteiger partial charge on any atom is 0.185 e. The molecule has 0 saturated carbocycles. The van der Waals surface area contributed by atoms with E-state index in [2.05, 4.69) is 27.9 Å². The number of benzene rings is 2. The fourth-order valence-corrected chi connectivity index (χ4v) is 2.69. The van der Waals surface area contributed by atoms with Crippen molar-refractivity contribution in [1.29, 1.82) is 0 Å². The van der Waals surface area contributed by atoms with Gasteiger partial charge in [0, 0.05) is 11.6 Å². The fourth-order valence-electron chi connectivity index (χ4n) is 2.57. The van der Waals surface area contributed by atoms with Crippen molar-refractivity contribution < 1.29 is 14.6 Å². The van der Waals surface area contributed by atoms with Gasteiger partial charge in [-0.3, -0.25) is 0 Å². The molecule has 0 fully saturated rings. The molecule has 0 aliphatic rings. The van der Waals surface area contributed by atoms with E-state index < -0.39 is 0 Å². The number of hydrogen-bond acceptors (Lipinski definition) is 7. The number of aryl methyl sites for hydroxylation is 1. The molecule has 0 amide bonds. The summed E-state index contributed by atoms with van der Waals surface area (Å²) < 4.78 is 11.0.